The van der Waals surface area contributed by atoms with E-state index in [9.17, 15) is 25.0 Å². The van der Waals surface area contributed by atoms with Gasteiger partial charge < -0.3 is 10.2 Å². The fraction of sp³-hybridized carbons (Fsp3) is 0.188. The molecule has 0 heterocycles. The Morgan fingerprint density at radius 1 is 1.08 bits per heavy atom. The van der Waals surface area contributed by atoms with E-state index in [-0.39, 0.29) is 22.6 Å². The van der Waals surface area contributed by atoms with Crippen LogP contribution in [0.2, 0.25) is 0 Å². The molecule has 0 saturated carbocycles. The molecule has 2 aromatic rings. The third-order valence-electron chi connectivity index (χ3n) is 3.67. The van der Waals surface area contributed by atoms with Gasteiger partial charge in [-0.3, -0.25) is 25.0 Å². The second-order valence-corrected chi connectivity index (χ2v) is 5.51. The van der Waals surface area contributed by atoms with Crippen LogP contribution < -0.4 is 10.2 Å². The first-order valence-electron chi connectivity index (χ1n) is 7.23. The Balaban J connectivity index is 2.45. The van der Waals surface area contributed by atoms with Crippen molar-refractivity contribution < 1.29 is 14.6 Å². The lowest BCUT2D eigenvalue weighted by Gasteiger charge is -2.17. The second-order valence-electron chi connectivity index (χ2n) is 5.51. The van der Waals surface area contributed by atoms with Crippen molar-refractivity contribution in [2.45, 2.75) is 6.92 Å². The van der Waals surface area contributed by atoms with E-state index in [0.717, 1.165) is 0 Å². The van der Waals surface area contributed by atoms with Crippen molar-refractivity contribution >= 4 is 28.7 Å². The number of nitrogens with zero attached hydrogens (tertiary/aromatic N) is 3. The van der Waals surface area contributed by atoms with Crippen LogP contribution in [0.4, 0.5) is 22.7 Å². The lowest BCUT2D eigenvalue weighted by molar-refractivity contribution is -0.385. The van der Waals surface area contributed by atoms with Crippen molar-refractivity contribution in [2.24, 2.45) is 0 Å². The van der Waals surface area contributed by atoms with Crippen molar-refractivity contribution in [1.82, 2.24) is 0 Å². The number of nitro groups is 2. The van der Waals surface area contributed by atoms with Crippen molar-refractivity contribution in [1.29, 1.82) is 0 Å². The normalized spacial score (nSPS) is 10.2. The van der Waals surface area contributed by atoms with Gasteiger partial charge in [0.25, 0.3) is 17.3 Å². The summed E-state index contributed by atoms with van der Waals surface area (Å²) in [6.45, 7) is 1.52. The maximum absolute atomic E-state index is 12.6. The zero-order valence-electron chi connectivity index (χ0n) is 13.8. The summed E-state index contributed by atoms with van der Waals surface area (Å²) in [4.78, 5) is 35.1. The van der Waals surface area contributed by atoms with E-state index in [1.54, 1.807) is 19.0 Å². The molecule has 0 fully saturated rings. The van der Waals surface area contributed by atoms with E-state index in [1.807, 2.05) is 0 Å². The number of carbonyl (C=O) groups excluding carboxylic acids is 1. The Morgan fingerprint density at radius 3 is 2.32 bits per heavy atom. The highest BCUT2D eigenvalue weighted by Crippen LogP contribution is 2.28. The first-order chi connectivity index (χ1) is 11.7. The zero-order valence-corrected chi connectivity index (χ0v) is 13.8. The molecule has 1 amide bonds. The van der Waals surface area contributed by atoms with Crippen LogP contribution in [-0.4, -0.2) is 29.8 Å². The molecule has 0 aliphatic heterocycles. The number of benzene rings is 2. The van der Waals surface area contributed by atoms with E-state index in [0.29, 0.717) is 11.3 Å². The second kappa shape index (κ2) is 6.95. The highest BCUT2D eigenvalue weighted by molar-refractivity contribution is 6.09. The smallest absolute Gasteiger partial charge is 0.274 e. The molecule has 1 N–H and O–H groups in total. The molecule has 0 bridgehead atoms. The van der Waals surface area contributed by atoms with Crippen LogP contribution in [0.5, 0.6) is 0 Å². The Morgan fingerprint density at radius 2 is 1.76 bits per heavy atom. The monoisotopic (exact) mass is 344 g/mol. The molecule has 0 aliphatic rings. The summed E-state index contributed by atoms with van der Waals surface area (Å²) in [7, 11) is 3.41. The molecule has 130 valence electrons. The minimum Gasteiger partial charge on any atom is -0.377 e. The third-order valence-corrected chi connectivity index (χ3v) is 3.67. The lowest BCUT2D eigenvalue weighted by atomic mass is 10.1. The summed E-state index contributed by atoms with van der Waals surface area (Å²) in [5.74, 6) is -0.587. The summed E-state index contributed by atoms with van der Waals surface area (Å²) in [5, 5.41) is 24.6. The van der Waals surface area contributed by atoms with Gasteiger partial charge in [-0.15, -0.1) is 0 Å². The number of anilines is 2. The van der Waals surface area contributed by atoms with Crippen molar-refractivity contribution in [2.75, 3.05) is 24.3 Å². The van der Waals surface area contributed by atoms with Gasteiger partial charge in [0, 0.05) is 38.0 Å². The number of nitrogens with one attached hydrogen (secondary N) is 1. The summed E-state index contributed by atoms with van der Waals surface area (Å²) >= 11 is 0. The first-order valence-corrected chi connectivity index (χ1v) is 7.23. The average molecular weight is 344 g/mol. The van der Waals surface area contributed by atoms with Gasteiger partial charge >= 0.3 is 0 Å². The fourth-order valence-electron chi connectivity index (χ4n) is 2.36. The molecule has 9 heteroatoms. The zero-order chi connectivity index (χ0) is 18.7. The van der Waals surface area contributed by atoms with Gasteiger partial charge in [-0.1, -0.05) is 6.07 Å². The summed E-state index contributed by atoms with van der Waals surface area (Å²) < 4.78 is 0. The lowest BCUT2D eigenvalue weighted by Crippen LogP contribution is -2.19. The molecule has 0 spiro atoms. The summed E-state index contributed by atoms with van der Waals surface area (Å²) in [6, 6.07) is 8.30. The van der Waals surface area contributed by atoms with Crippen molar-refractivity contribution in [3.8, 4) is 0 Å². The van der Waals surface area contributed by atoms with Gasteiger partial charge in [0.2, 0.25) is 0 Å². The van der Waals surface area contributed by atoms with Crippen LogP contribution in [0, 0.1) is 27.2 Å². The molecule has 0 aromatic heterocycles. The minimum absolute atomic E-state index is 0.102. The Bertz CT molecular complexity index is 864. The number of carbonyl (C=O) groups is 1. The van der Waals surface area contributed by atoms with Gasteiger partial charge in [-0.05, 0) is 19.1 Å². The van der Waals surface area contributed by atoms with Gasteiger partial charge in [-0.25, -0.2) is 0 Å². The maximum atomic E-state index is 12.6. The number of amides is 1. The molecule has 9 nitrogen and oxygen atoms in total. The Kier molecular flexibility index (Phi) is 4.97. The van der Waals surface area contributed by atoms with Gasteiger partial charge in [-0.2, -0.15) is 0 Å². The van der Waals surface area contributed by atoms with Crippen LogP contribution in [0.25, 0.3) is 0 Å². The largest absolute Gasteiger partial charge is 0.377 e. The van der Waals surface area contributed by atoms with Crippen molar-refractivity contribution in [3.63, 3.8) is 0 Å². The van der Waals surface area contributed by atoms with Gasteiger partial charge in [0.15, 0.2) is 0 Å². The first kappa shape index (κ1) is 17.9. The summed E-state index contributed by atoms with van der Waals surface area (Å²) in [6.07, 6.45) is 0. The molecule has 2 aromatic carbocycles. The van der Waals surface area contributed by atoms with Crippen LogP contribution in [0.15, 0.2) is 36.4 Å². The van der Waals surface area contributed by atoms with Crippen molar-refractivity contribution in [3.05, 3.63) is 67.8 Å². The number of nitro benzene ring substituents is 2. The Labute approximate surface area is 143 Å². The third kappa shape index (κ3) is 3.71. The van der Waals surface area contributed by atoms with Gasteiger partial charge in [0.1, 0.15) is 0 Å². The molecular weight excluding hydrogens is 328 g/mol. The van der Waals surface area contributed by atoms with E-state index in [2.05, 4.69) is 5.32 Å². The number of hydrogen-bond donors (Lipinski definition) is 1. The molecule has 0 atom stereocenters. The molecular formula is C16H16N4O5. The molecule has 0 aliphatic carbocycles. The topological polar surface area (TPSA) is 119 Å². The minimum atomic E-state index is -0.588. The predicted octanol–water partition coefficient (Wildman–Crippen LogP) is 3.13. The number of hydrogen-bond acceptors (Lipinski definition) is 6. The molecule has 0 saturated heterocycles. The Hall–Kier alpha value is -3.49. The van der Waals surface area contributed by atoms with Crippen LogP contribution in [0.3, 0.4) is 0 Å². The van der Waals surface area contributed by atoms with E-state index < -0.39 is 15.8 Å². The highest BCUT2D eigenvalue weighted by atomic mass is 16.6. The maximum Gasteiger partial charge on any atom is 0.274 e. The quantitative estimate of drug-likeness (QED) is 0.657. The van der Waals surface area contributed by atoms with E-state index in [1.165, 1.54) is 43.3 Å². The van der Waals surface area contributed by atoms with Crippen LogP contribution in [-0.2, 0) is 0 Å². The van der Waals surface area contributed by atoms with E-state index in [4.69, 9.17) is 0 Å². The predicted molar refractivity (Wildman–Crippen MR) is 93.2 cm³/mol. The molecule has 2 rings (SSSR count). The fourth-order valence-corrected chi connectivity index (χ4v) is 2.36. The van der Waals surface area contributed by atoms with Crippen LogP contribution in [0.1, 0.15) is 15.9 Å². The number of rotatable bonds is 5. The standard InChI is InChI=1S/C16H16N4O5/c1-10-13(5-4-6-14(10)20(24)25)17-16(21)12-9-11(19(22)23)7-8-15(12)18(2)3/h4-9H,1-3H3,(H,17,21). The number of non-ortho nitro benzene ring substituents is 1. The SMILES string of the molecule is Cc1c(NC(=O)c2cc([N+](=O)[O-])ccc2N(C)C)cccc1[N+](=O)[O-]. The highest BCUT2D eigenvalue weighted by Gasteiger charge is 2.20. The van der Waals surface area contributed by atoms with E-state index >= 15 is 0 Å². The van der Waals surface area contributed by atoms with Crippen LogP contribution >= 0.6 is 0 Å². The summed E-state index contributed by atoms with van der Waals surface area (Å²) in [5.41, 5.74) is 0.834. The molecule has 25 heavy (non-hydrogen) atoms. The molecule has 0 radical (unpaired) electrons. The average Bonchev–Trinajstić information content (AvgIpc) is 2.55. The van der Waals surface area contributed by atoms with Gasteiger partial charge in [0.05, 0.1) is 26.7 Å². The molecule has 0 unspecified atom stereocenters.